The molecular formula is C8H12N6O6. The van der Waals surface area contributed by atoms with Crippen LogP contribution >= 0.6 is 0 Å². The van der Waals surface area contributed by atoms with Gasteiger partial charge in [0.2, 0.25) is 11.8 Å². The van der Waals surface area contributed by atoms with Crippen molar-refractivity contribution in [2.45, 2.75) is 26.2 Å². The number of carbonyl (C=O) groups excluding carboxylic acids is 2. The van der Waals surface area contributed by atoms with Crippen molar-refractivity contribution in [2.75, 3.05) is 0 Å². The van der Waals surface area contributed by atoms with E-state index in [2.05, 4.69) is 21.3 Å². The number of hydrogen-bond acceptors (Lipinski definition) is 8. The third-order valence-electron chi connectivity index (χ3n) is 2.22. The fourth-order valence-corrected chi connectivity index (χ4v) is 1.57. The number of carbonyl (C=O) groups is 2. The van der Waals surface area contributed by atoms with Gasteiger partial charge >= 0.3 is 5.82 Å². The highest BCUT2D eigenvalue weighted by atomic mass is 16.7. The van der Waals surface area contributed by atoms with Crippen LogP contribution in [0.5, 0.6) is 0 Å². The maximum atomic E-state index is 11.0. The third-order valence-corrected chi connectivity index (χ3v) is 2.22. The van der Waals surface area contributed by atoms with Crippen LogP contribution in [0.2, 0.25) is 0 Å². The molecule has 0 aromatic carbocycles. The summed E-state index contributed by atoms with van der Waals surface area (Å²) >= 11 is 0. The molecule has 110 valence electrons. The van der Waals surface area contributed by atoms with Crippen LogP contribution in [-0.2, 0) is 9.59 Å². The Hall–Kier alpha value is -2.92. The van der Waals surface area contributed by atoms with Gasteiger partial charge in [-0.1, -0.05) is 0 Å². The Balaban J connectivity index is 3.07. The molecule has 0 aliphatic carbocycles. The minimum absolute atomic E-state index is 0.482. The first-order valence-electron chi connectivity index (χ1n) is 5.32. The molecule has 1 saturated heterocycles. The monoisotopic (exact) mass is 288 g/mol. The van der Waals surface area contributed by atoms with Crippen LogP contribution in [0.1, 0.15) is 13.8 Å². The number of nitrogens with zero attached hydrogens (tertiary/aromatic N) is 2. The van der Waals surface area contributed by atoms with Gasteiger partial charge in [-0.3, -0.25) is 29.8 Å². The molecule has 2 atom stereocenters. The molecule has 0 aromatic heterocycles. The van der Waals surface area contributed by atoms with Crippen LogP contribution in [-0.4, -0.2) is 34.0 Å². The molecule has 2 unspecified atom stereocenters. The van der Waals surface area contributed by atoms with Gasteiger partial charge in [0.1, 0.15) is 22.2 Å². The zero-order valence-electron chi connectivity index (χ0n) is 10.5. The molecule has 4 N–H and O–H groups in total. The van der Waals surface area contributed by atoms with E-state index in [1.807, 2.05) is 0 Å². The maximum absolute atomic E-state index is 11.0. The summed E-state index contributed by atoms with van der Waals surface area (Å²) in [6.07, 6.45) is -1.91. The lowest BCUT2D eigenvalue weighted by atomic mass is 10.4. The predicted octanol–water partition coefficient (Wildman–Crippen LogP) is -2.22. The second kappa shape index (κ2) is 5.81. The number of rotatable bonds is 4. The van der Waals surface area contributed by atoms with Crippen LogP contribution in [0.15, 0.2) is 11.6 Å². The van der Waals surface area contributed by atoms with Gasteiger partial charge < -0.3 is 21.3 Å². The second-order valence-electron chi connectivity index (χ2n) is 3.86. The van der Waals surface area contributed by atoms with Crippen molar-refractivity contribution in [3.8, 4) is 0 Å². The van der Waals surface area contributed by atoms with Crippen molar-refractivity contribution in [2.24, 2.45) is 0 Å². The van der Waals surface area contributed by atoms with Gasteiger partial charge in [-0.05, 0) is 0 Å². The molecule has 0 bridgehead atoms. The zero-order valence-corrected chi connectivity index (χ0v) is 10.5. The van der Waals surface area contributed by atoms with Crippen LogP contribution in [0.25, 0.3) is 0 Å². The van der Waals surface area contributed by atoms with Gasteiger partial charge in [0.15, 0.2) is 0 Å². The smallest absolute Gasteiger partial charge is 0.337 e. The van der Waals surface area contributed by atoms with Gasteiger partial charge in [-0.2, -0.15) is 0 Å². The SMILES string of the molecule is CC(=O)NC1NC(=C([N+](=O)[O-])[N+](=O)[O-])NC1NC(C)=O. The van der Waals surface area contributed by atoms with E-state index >= 15 is 0 Å². The van der Waals surface area contributed by atoms with Crippen molar-refractivity contribution in [1.29, 1.82) is 0 Å². The van der Waals surface area contributed by atoms with Crippen molar-refractivity contribution < 1.29 is 19.4 Å². The topological polar surface area (TPSA) is 169 Å². The minimum Gasteiger partial charge on any atom is -0.337 e. The first kappa shape index (κ1) is 15.1. The van der Waals surface area contributed by atoms with Gasteiger partial charge in [-0.15, -0.1) is 0 Å². The lowest BCUT2D eigenvalue weighted by Gasteiger charge is -2.19. The van der Waals surface area contributed by atoms with Crippen LogP contribution in [0, 0.1) is 20.2 Å². The van der Waals surface area contributed by atoms with E-state index < -0.39 is 45.6 Å². The number of hydrogen-bond donors (Lipinski definition) is 4. The Bertz CT molecular complexity index is 460. The summed E-state index contributed by atoms with van der Waals surface area (Å²) < 4.78 is 0. The van der Waals surface area contributed by atoms with Gasteiger partial charge in [0.25, 0.3) is 5.82 Å². The number of nitrogens with one attached hydrogen (secondary N) is 4. The molecular weight excluding hydrogens is 276 g/mol. The van der Waals surface area contributed by atoms with E-state index in [1.165, 1.54) is 13.8 Å². The molecule has 1 fully saturated rings. The summed E-state index contributed by atoms with van der Waals surface area (Å²) in [4.78, 5) is 40.9. The van der Waals surface area contributed by atoms with Crippen LogP contribution in [0.3, 0.4) is 0 Å². The highest BCUT2D eigenvalue weighted by Gasteiger charge is 2.42. The lowest BCUT2D eigenvalue weighted by Crippen LogP contribution is -2.55. The third kappa shape index (κ3) is 3.54. The maximum Gasteiger partial charge on any atom is 0.599 e. The van der Waals surface area contributed by atoms with E-state index in [0.29, 0.717) is 0 Å². The highest BCUT2D eigenvalue weighted by molar-refractivity contribution is 5.75. The fourth-order valence-electron chi connectivity index (χ4n) is 1.57. The summed E-state index contributed by atoms with van der Waals surface area (Å²) in [5, 5.41) is 30.7. The summed E-state index contributed by atoms with van der Waals surface area (Å²) in [5.74, 6) is -2.78. The quantitative estimate of drug-likeness (QED) is 0.333. The Labute approximate surface area is 111 Å². The normalized spacial score (nSPS) is 20.4. The zero-order chi connectivity index (χ0) is 15.4. The Morgan fingerprint density at radius 3 is 1.60 bits per heavy atom. The molecule has 0 saturated carbocycles. The fraction of sp³-hybridized carbons (Fsp3) is 0.500. The molecule has 0 radical (unpaired) electrons. The van der Waals surface area contributed by atoms with Gasteiger partial charge in [0, 0.05) is 13.8 Å². The second-order valence-corrected chi connectivity index (χ2v) is 3.86. The van der Waals surface area contributed by atoms with E-state index in [9.17, 15) is 29.8 Å². The summed E-state index contributed by atoms with van der Waals surface area (Å²) in [6, 6.07) is 0. The van der Waals surface area contributed by atoms with Crippen LogP contribution < -0.4 is 21.3 Å². The summed E-state index contributed by atoms with van der Waals surface area (Å²) in [6.45, 7) is 2.38. The first-order valence-corrected chi connectivity index (χ1v) is 5.32. The molecule has 20 heavy (non-hydrogen) atoms. The molecule has 12 heteroatoms. The molecule has 0 spiro atoms. The number of amides is 2. The molecule has 1 aliphatic heterocycles. The molecule has 2 amide bonds. The highest BCUT2D eigenvalue weighted by Crippen LogP contribution is 2.09. The molecule has 1 aliphatic rings. The first-order chi connectivity index (χ1) is 9.22. The molecule has 1 heterocycles. The minimum atomic E-state index is -1.31. The average molecular weight is 288 g/mol. The Kier molecular flexibility index (Phi) is 4.40. The Morgan fingerprint density at radius 1 is 1.00 bits per heavy atom. The van der Waals surface area contributed by atoms with Crippen molar-refractivity contribution >= 4 is 11.8 Å². The lowest BCUT2D eigenvalue weighted by molar-refractivity contribution is -0.618. The van der Waals surface area contributed by atoms with Crippen LogP contribution in [0.4, 0.5) is 0 Å². The van der Waals surface area contributed by atoms with Gasteiger partial charge in [-0.25, -0.2) is 0 Å². The molecule has 0 aromatic rings. The average Bonchev–Trinajstić information content (AvgIpc) is 2.57. The van der Waals surface area contributed by atoms with Crippen molar-refractivity contribution in [1.82, 2.24) is 21.3 Å². The summed E-state index contributed by atoms with van der Waals surface area (Å²) in [5.41, 5.74) is 0. The van der Waals surface area contributed by atoms with Gasteiger partial charge in [0.05, 0.1) is 0 Å². The molecule has 1 rings (SSSR count). The van der Waals surface area contributed by atoms with E-state index in [-0.39, 0.29) is 0 Å². The van der Waals surface area contributed by atoms with Crippen molar-refractivity contribution in [3.63, 3.8) is 0 Å². The van der Waals surface area contributed by atoms with Crippen molar-refractivity contribution in [3.05, 3.63) is 31.9 Å². The largest absolute Gasteiger partial charge is 0.599 e. The predicted molar refractivity (Wildman–Crippen MR) is 62.5 cm³/mol. The van der Waals surface area contributed by atoms with E-state index in [4.69, 9.17) is 0 Å². The standard InChI is InChI=1S/C8H12N6O6/c1-3(15)9-5-6(10-4(2)16)12-7(11-5)8(13(17)18)14(19)20/h5-6,11-12H,1-2H3,(H,9,15)(H,10,16). The summed E-state index contributed by atoms with van der Waals surface area (Å²) in [7, 11) is 0. The molecule has 12 nitrogen and oxygen atoms in total. The Morgan fingerprint density at radius 2 is 1.35 bits per heavy atom. The van der Waals surface area contributed by atoms with E-state index in [0.717, 1.165) is 0 Å². The number of nitro groups is 2. The van der Waals surface area contributed by atoms with E-state index in [1.54, 1.807) is 0 Å².